The van der Waals surface area contributed by atoms with Gasteiger partial charge in [0.25, 0.3) is 5.91 Å². The van der Waals surface area contributed by atoms with Gasteiger partial charge in [-0.1, -0.05) is 56.3 Å². The highest BCUT2D eigenvalue weighted by molar-refractivity contribution is 6.01. The molecule has 1 saturated heterocycles. The number of hydrogen-bond acceptors (Lipinski definition) is 6. The molecule has 0 saturated carbocycles. The molecule has 12 heteroatoms. The molecule has 1 amide bonds. The van der Waals surface area contributed by atoms with E-state index in [0.717, 1.165) is 70.2 Å². The average Bonchev–Trinajstić information content (AvgIpc) is 3.05. The molecule has 51 heavy (non-hydrogen) atoms. The van der Waals surface area contributed by atoms with E-state index in [1.165, 1.54) is 25.8 Å². The van der Waals surface area contributed by atoms with Crippen LogP contribution < -0.4 is 20.5 Å². The molecule has 0 atom stereocenters. The van der Waals surface area contributed by atoms with Gasteiger partial charge in [-0.3, -0.25) is 14.5 Å². The van der Waals surface area contributed by atoms with Crippen LogP contribution in [0.1, 0.15) is 60.2 Å². The van der Waals surface area contributed by atoms with Crippen LogP contribution in [-0.2, 0) is 17.8 Å². The maximum atomic E-state index is 13.4. The number of carboxylic acids is 1. The van der Waals surface area contributed by atoms with Crippen LogP contribution in [0.25, 0.3) is 21.9 Å². The summed E-state index contributed by atoms with van der Waals surface area (Å²) in [6, 6.07) is 18.5. The van der Waals surface area contributed by atoms with Crippen molar-refractivity contribution in [3.8, 4) is 22.6 Å². The Morgan fingerprint density at radius 2 is 1.71 bits per heavy atom. The first-order chi connectivity index (χ1) is 24.0. The van der Waals surface area contributed by atoms with Crippen molar-refractivity contribution in [2.75, 3.05) is 39.2 Å². The van der Waals surface area contributed by atoms with E-state index in [2.05, 4.69) is 43.0 Å². The SMILES string of the molecule is COc1ccc(CN2CCCC(C)(C)C2)c(OC)c1-c1cccc2c(CCC(=O)O)cccc12.Cc1cc(NCC(F)(F)F)cc(F)c1C(N)=O. The molecular weight excluding hydrogens is 666 g/mol. The Bertz CT molecular complexity index is 1850. The number of aliphatic carboxylic acids is 1. The zero-order valence-electron chi connectivity index (χ0n) is 29.5. The molecule has 1 heterocycles. The highest BCUT2D eigenvalue weighted by Crippen LogP contribution is 2.45. The highest BCUT2D eigenvalue weighted by atomic mass is 19.4. The van der Waals surface area contributed by atoms with Crippen molar-refractivity contribution in [3.05, 3.63) is 88.7 Å². The number of rotatable bonds is 11. The number of nitrogens with zero attached hydrogens (tertiary/aromatic N) is 1. The van der Waals surface area contributed by atoms with E-state index in [0.29, 0.717) is 11.8 Å². The van der Waals surface area contributed by atoms with Gasteiger partial charge < -0.3 is 25.6 Å². The molecule has 4 N–H and O–H groups in total. The molecule has 0 bridgehead atoms. The first-order valence-corrected chi connectivity index (χ1v) is 16.6. The van der Waals surface area contributed by atoms with Gasteiger partial charge in [0.1, 0.15) is 23.9 Å². The number of primary amides is 1. The number of nitrogens with one attached hydrogen (secondary N) is 1. The number of amides is 1. The van der Waals surface area contributed by atoms with Gasteiger partial charge in [-0.15, -0.1) is 0 Å². The molecule has 274 valence electrons. The van der Waals surface area contributed by atoms with Crippen LogP contribution >= 0.6 is 0 Å². The van der Waals surface area contributed by atoms with Crippen molar-refractivity contribution in [2.24, 2.45) is 11.1 Å². The van der Waals surface area contributed by atoms with Gasteiger partial charge in [-0.2, -0.15) is 13.2 Å². The molecule has 0 radical (unpaired) electrons. The summed E-state index contributed by atoms with van der Waals surface area (Å²) in [5.74, 6) is -1.08. The van der Waals surface area contributed by atoms with Gasteiger partial charge >= 0.3 is 12.1 Å². The maximum Gasteiger partial charge on any atom is 0.405 e. The number of ether oxygens (including phenoxy) is 2. The summed E-state index contributed by atoms with van der Waals surface area (Å²) in [5, 5.41) is 13.3. The summed E-state index contributed by atoms with van der Waals surface area (Å²) in [6.07, 6.45) is -1.32. The molecule has 1 fully saturated rings. The minimum absolute atomic E-state index is 0.0534. The zero-order valence-corrected chi connectivity index (χ0v) is 29.5. The summed E-state index contributed by atoms with van der Waals surface area (Å²) in [4.78, 5) is 24.5. The van der Waals surface area contributed by atoms with Gasteiger partial charge in [0.2, 0.25) is 0 Å². The third-order valence-corrected chi connectivity index (χ3v) is 8.92. The Morgan fingerprint density at radius 1 is 1.00 bits per heavy atom. The van der Waals surface area contributed by atoms with E-state index in [4.69, 9.17) is 15.2 Å². The number of piperidine rings is 1. The van der Waals surface area contributed by atoms with Crippen molar-refractivity contribution in [3.63, 3.8) is 0 Å². The van der Waals surface area contributed by atoms with Gasteiger partial charge in [-0.25, -0.2) is 4.39 Å². The number of halogens is 4. The molecule has 4 aromatic rings. The number of aryl methyl sites for hydroxylation is 2. The number of benzene rings is 4. The monoisotopic (exact) mass is 711 g/mol. The molecule has 0 spiro atoms. The third kappa shape index (κ3) is 10.1. The number of anilines is 1. The van der Waals surface area contributed by atoms with Crippen LogP contribution in [0.5, 0.6) is 11.5 Å². The van der Waals surface area contributed by atoms with Crippen molar-refractivity contribution < 1.29 is 41.7 Å². The van der Waals surface area contributed by atoms with Crippen LogP contribution in [0.3, 0.4) is 0 Å². The maximum absolute atomic E-state index is 13.4. The van der Waals surface area contributed by atoms with Crippen LogP contribution in [0.2, 0.25) is 0 Å². The predicted octanol–water partition coefficient (Wildman–Crippen LogP) is 8.37. The second-order valence-corrected chi connectivity index (χ2v) is 13.5. The van der Waals surface area contributed by atoms with E-state index in [1.807, 2.05) is 29.6 Å². The van der Waals surface area contributed by atoms with Gasteiger partial charge in [0.05, 0.1) is 25.3 Å². The third-order valence-electron chi connectivity index (χ3n) is 8.92. The lowest BCUT2D eigenvalue weighted by Crippen LogP contribution is -2.39. The van der Waals surface area contributed by atoms with Crippen molar-refractivity contribution >= 4 is 28.3 Å². The van der Waals surface area contributed by atoms with E-state index in [1.54, 1.807) is 14.2 Å². The lowest BCUT2D eigenvalue weighted by Gasteiger charge is -2.38. The second kappa shape index (κ2) is 16.5. The molecule has 5 rings (SSSR count). The van der Waals surface area contributed by atoms with E-state index >= 15 is 0 Å². The Labute approximate surface area is 295 Å². The number of carboxylic acid groups (broad SMARTS) is 1. The Hall–Kier alpha value is -4.84. The summed E-state index contributed by atoms with van der Waals surface area (Å²) in [7, 11) is 3.42. The quantitative estimate of drug-likeness (QED) is 0.134. The Morgan fingerprint density at radius 3 is 2.31 bits per heavy atom. The molecular formula is C39H45F4N3O5. The number of nitrogens with two attached hydrogens (primary N) is 1. The largest absolute Gasteiger partial charge is 0.496 e. The summed E-state index contributed by atoms with van der Waals surface area (Å²) in [6.45, 7) is 7.79. The van der Waals surface area contributed by atoms with E-state index in [-0.39, 0.29) is 23.2 Å². The lowest BCUT2D eigenvalue weighted by atomic mass is 9.84. The molecule has 1 aliphatic rings. The summed E-state index contributed by atoms with van der Waals surface area (Å²) >= 11 is 0. The van der Waals surface area contributed by atoms with E-state index in [9.17, 15) is 32.3 Å². The standard InChI is InChI=1S/C29H35NO4.C10H10F4N2O/c1-29(2)16-7-17-30(19-29)18-21-12-14-25(33-3)27(28(21)34-4)24-11-6-9-22-20(13-15-26(31)32)8-5-10-23(22)24;1-5-2-6(16-4-10(12,13)14)3-7(11)8(5)9(15)17/h5-6,8-12,14H,7,13,15-19H2,1-4H3,(H,31,32);2-3,16H,4H2,1H3,(H2,15,17). The molecule has 4 aromatic carbocycles. The lowest BCUT2D eigenvalue weighted by molar-refractivity contribution is -0.137. The molecule has 0 aliphatic carbocycles. The highest BCUT2D eigenvalue weighted by Gasteiger charge is 2.29. The second-order valence-electron chi connectivity index (χ2n) is 13.5. The molecule has 0 unspecified atom stereocenters. The first kappa shape index (κ1) is 39.0. The zero-order chi connectivity index (χ0) is 37.5. The molecule has 8 nitrogen and oxygen atoms in total. The van der Waals surface area contributed by atoms with Crippen LogP contribution in [-0.4, -0.2) is 61.9 Å². The number of carbonyl (C=O) groups is 2. The Kier molecular flexibility index (Phi) is 12.6. The molecule has 1 aliphatic heterocycles. The minimum Gasteiger partial charge on any atom is -0.496 e. The number of carbonyl (C=O) groups excluding carboxylic acids is 1. The fourth-order valence-electron chi connectivity index (χ4n) is 6.72. The summed E-state index contributed by atoms with van der Waals surface area (Å²) in [5.41, 5.74) is 9.22. The number of alkyl halides is 3. The van der Waals surface area contributed by atoms with Gasteiger partial charge in [-0.05, 0) is 83.8 Å². The molecule has 0 aromatic heterocycles. The number of hydrogen-bond donors (Lipinski definition) is 3. The van der Waals surface area contributed by atoms with Crippen LogP contribution in [0.4, 0.5) is 23.2 Å². The van der Waals surface area contributed by atoms with Crippen molar-refractivity contribution in [1.29, 1.82) is 0 Å². The van der Waals surface area contributed by atoms with Crippen LogP contribution in [0.15, 0.2) is 60.7 Å². The fourth-order valence-corrected chi connectivity index (χ4v) is 6.72. The number of fused-ring (bicyclic) bond motifs is 1. The van der Waals surface area contributed by atoms with Crippen molar-refractivity contribution in [1.82, 2.24) is 4.90 Å². The Balaban J connectivity index is 0.000000289. The normalized spacial score (nSPS) is 14.4. The first-order valence-electron chi connectivity index (χ1n) is 16.6. The smallest absolute Gasteiger partial charge is 0.405 e. The fraction of sp³-hybridized carbons (Fsp3) is 0.385. The van der Waals surface area contributed by atoms with Crippen molar-refractivity contribution in [2.45, 2.75) is 59.2 Å². The predicted molar refractivity (Wildman–Crippen MR) is 191 cm³/mol. The van der Waals surface area contributed by atoms with E-state index < -0.39 is 30.4 Å². The topological polar surface area (TPSA) is 114 Å². The number of methoxy groups -OCH3 is 2. The average molecular weight is 712 g/mol. The van der Waals surface area contributed by atoms with Gasteiger partial charge in [0, 0.05) is 30.8 Å². The minimum atomic E-state index is -4.40. The number of likely N-dealkylation sites (tertiary alicyclic amines) is 1. The van der Waals surface area contributed by atoms with Gasteiger partial charge in [0.15, 0.2) is 0 Å². The van der Waals surface area contributed by atoms with Crippen LogP contribution in [0, 0.1) is 18.2 Å². The summed E-state index contributed by atoms with van der Waals surface area (Å²) < 4.78 is 61.0.